The Kier molecular flexibility index (Phi) is 5.41. The standard InChI is InChI=1S/C16H25N3O/c1-2-15-8-4-10-19(15)11-5-9-16(20)18-14-7-3-6-13(17)12-14/h3,6-7,12,15H,2,4-5,8-11,17H2,1H3,(H,18,20). The highest BCUT2D eigenvalue weighted by atomic mass is 16.1. The summed E-state index contributed by atoms with van der Waals surface area (Å²) in [5.74, 6) is 0.0721. The molecule has 1 fully saturated rings. The molecule has 2 rings (SSSR count). The summed E-state index contributed by atoms with van der Waals surface area (Å²) in [6.45, 7) is 4.47. The second-order valence-corrected chi connectivity index (χ2v) is 5.52. The van der Waals surface area contributed by atoms with Crippen LogP contribution in [0.25, 0.3) is 0 Å². The zero-order chi connectivity index (χ0) is 14.4. The highest BCUT2D eigenvalue weighted by Crippen LogP contribution is 2.20. The Balaban J connectivity index is 1.70. The van der Waals surface area contributed by atoms with Gasteiger partial charge in [-0.1, -0.05) is 13.0 Å². The van der Waals surface area contributed by atoms with Crippen LogP contribution in [0.3, 0.4) is 0 Å². The van der Waals surface area contributed by atoms with E-state index in [0.717, 1.165) is 24.7 Å². The lowest BCUT2D eigenvalue weighted by Crippen LogP contribution is -2.30. The molecule has 4 heteroatoms. The SMILES string of the molecule is CCC1CCCN1CCCC(=O)Nc1cccc(N)c1. The number of carbonyl (C=O) groups excluding carboxylic acids is 1. The van der Waals surface area contributed by atoms with Gasteiger partial charge in [0.15, 0.2) is 0 Å². The molecule has 0 aromatic heterocycles. The molecule has 1 aromatic rings. The van der Waals surface area contributed by atoms with E-state index < -0.39 is 0 Å². The van der Waals surface area contributed by atoms with Crippen LogP contribution in [0.5, 0.6) is 0 Å². The maximum absolute atomic E-state index is 11.9. The smallest absolute Gasteiger partial charge is 0.224 e. The number of carbonyl (C=O) groups is 1. The Morgan fingerprint density at radius 1 is 1.50 bits per heavy atom. The van der Waals surface area contributed by atoms with Crippen molar-refractivity contribution in [1.29, 1.82) is 0 Å². The van der Waals surface area contributed by atoms with Gasteiger partial charge in [-0.2, -0.15) is 0 Å². The second kappa shape index (κ2) is 7.29. The van der Waals surface area contributed by atoms with Gasteiger partial charge in [0.2, 0.25) is 5.91 Å². The summed E-state index contributed by atoms with van der Waals surface area (Å²) in [7, 11) is 0. The van der Waals surface area contributed by atoms with Crippen LogP contribution in [0, 0.1) is 0 Å². The largest absolute Gasteiger partial charge is 0.399 e. The Bertz CT molecular complexity index is 447. The molecule has 0 radical (unpaired) electrons. The minimum Gasteiger partial charge on any atom is -0.399 e. The normalized spacial score (nSPS) is 19.1. The van der Waals surface area contributed by atoms with E-state index in [2.05, 4.69) is 17.1 Å². The maximum Gasteiger partial charge on any atom is 0.224 e. The Morgan fingerprint density at radius 3 is 3.10 bits per heavy atom. The van der Waals surface area contributed by atoms with Crippen molar-refractivity contribution in [3.63, 3.8) is 0 Å². The molecule has 0 spiro atoms. The Hall–Kier alpha value is -1.55. The first-order valence-electron chi connectivity index (χ1n) is 7.58. The first-order valence-corrected chi connectivity index (χ1v) is 7.58. The lowest BCUT2D eigenvalue weighted by Gasteiger charge is -2.22. The van der Waals surface area contributed by atoms with Gasteiger partial charge in [0, 0.05) is 23.8 Å². The van der Waals surface area contributed by atoms with Crippen molar-refractivity contribution >= 4 is 17.3 Å². The van der Waals surface area contributed by atoms with E-state index in [9.17, 15) is 4.79 Å². The Labute approximate surface area is 121 Å². The molecule has 1 saturated heterocycles. The molecule has 0 bridgehead atoms. The van der Waals surface area contributed by atoms with E-state index in [4.69, 9.17) is 5.73 Å². The fourth-order valence-electron chi connectivity index (χ4n) is 2.93. The number of likely N-dealkylation sites (tertiary alicyclic amines) is 1. The number of benzene rings is 1. The van der Waals surface area contributed by atoms with Crippen LogP contribution >= 0.6 is 0 Å². The third-order valence-corrected chi connectivity index (χ3v) is 3.99. The minimum absolute atomic E-state index is 0.0721. The summed E-state index contributed by atoms with van der Waals surface area (Å²) < 4.78 is 0. The Morgan fingerprint density at radius 2 is 2.35 bits per heavy atom. The van der Waals surface area contributed by atoms with E-state index in [1.807, 2.05) is 18.2 Å². The number of nitrogens with two attached hydrogens (primary N) is 1. The number of nitrogens with zero attached hydrogens (tertiary/aromatic N) is 1. The third kappa shape index (κ3) is 4.23. The molecule has 110 valence electrons. The number of hydrogen-bond acceptors (Lipinski definition) is 3. The first-order chi connectivity index (χ1) is 9.69. The van der Waals surface area contributed by atoms with Crippen LogP contribution in [0.2, 0.25) is 0 Å². The molecule has 1 aliphatic rings. The summed E-state index contributed by atoms with van der Waals surface area (Å²) in [5.41, 5.74) is 7.14. The summed E-state index contributed by atoms with van der Waals surface area (Å²) in [5, 5.41) is 2.90. The average molecular weight is 275 g/mol. The minimum atomic E-state index is 0.0721. The van der Waals surface area contributed by atoms with Crippen LogP contribution in [-0.4, -0.2) is 29.9 Å². The molecule has 0 saturated carbocycles. The van der Waals surface area contributed by atoms with Crippen LogP contribution < -0.4 is 11.1 Å². The predicted octanol–water partition coefficient (Wildman–Crippen LogP) is 2.86. The number of hydrogen-bond donors (Lipinski definition) is 2. The van der Waals surface area contributed by atoms with Gasteiger partial charge in [0.05, 0.1) is 0 Å². The van der Waals surface area contributed by atoms with E-state index in [1.54, 1.807) is 6.07 Å². The topological polar surface area (TPSA) is 58.4 Å². The average Bonchev–Trinajstić information content (AvgIpc) is 2.86. The van der Waals surface area contributed by atoms with Crippen molar-refractivity contribution in [2.24, 2.45) is 0 Å². The van der Waals surface area contributed by atoms with Gasteiger partial charge in [-0.3, -0.25) is 4.79 Å². The summed E-state index contributed by atoms with van der Waals surface area (Å²) in [4.78, 5) is 14.4. The zero-order valence-corrected chi connectivity index (χ0v) is 12.3. The molecule has 1 heterocycles. The summed E-state index contributed by atoms with van der Waals surface area (Å²) in [6, 6.07) is 8.04. The molecule has 1 aromatic carbocycles. The van der Waals surface area contributed by atoms with Crippen LogP contribution in [-0.2, 0) is 4.79 Å². The van der Waals surface area contributed by atoms with Crippen molar-refractivity contribution in [3.05, 3.63) is 24.3 Å². The first kappa shape index (κ1) is 14.9. The van der Waals surface area contributed by atoms with Crippen molar-refractivity contribution in [2.45, 2.75) is 45.1 Å². The van der Waals surface area contributed by atoms with Gasteiger partial charge in [0.25, 0.3) is 0 Å². The van der Waals surface area contributed by atoms with E-state index in [0.29, 0.717) is 12.1 Å². The summed E-state index contributed by atoms with van der Waals surface area (Å²) >= 11 is 0. The van der Waals surface area contributed by atoms with Gasteiger partial charge in [-0.25, -0.2) is 0 Å². The number of nitrogen functional groups attached to an aromatic ring is 1. The van der Waals surface area contributed by atoms with Gasteiger partial charge in [0.1, 0.15) is 0 Å². The third-order valence-electron chi connectivity index (χ3n) is 3.99. The number of anilines is 2. The number of amides is 1. The molecule has 20 heavy (non-hydrogen) atoms. The monoisotopic (exact) mass is 275 g/mol. The molecule has 4 nitrogen and oxygen atoms in total. The number of nitrogens with one attached hydrogen (secondary N) is 1. The molecular weight excluding hydrogens is 250 g/mol. The van der Waals surface area contributed by atoms with Crippen LogP contribution in [0.15, 0.2) is 24.3 Å². The molecule has 1 amide bonds. The second-order valence-electron chi connectivity index (χ2n) is 5.52. The van der Waals surface area contributed by atoms with Crippen molar-refractivity contribution < 1.29 is 4.79 Å². The molecule has 1 atom stereocenters. The number of rotatable bonds is 6. The van der Waals surface area contributed by atoms with Crippen LogP contribution in [0.4, 0.5) is 11.4 Å². The van der Waals surface area contributed by atoms with Crippen LogP contribution in [0.1, 0.15) is 39.0 Å². The summed E-state index contributed by atoms with van der Waals surface area (Å²) in [6.07, 6.45) is 5.32. The fraction of sp³-hybridized carbons (Fsp3) is 0.562. The highest BCUT2D eigenvalue weighted by molar-refractivity contribution is 5.91. The van der Waals surface area contributed by atoms with Crippen molar-refractivity contribution in [2.75, 3.05) is 24.1 Å². The highest BCUT2D eigenvalue weighted by Gasteiger charge is 2.22. The molecule has 3 N–H and O–H groups in total. The van der Waals surface area contributed by atoms with E-state index in [-0.39, 0.29) is 5.91 Å². The zero-order valence-electron chi connectivity index (χ0n) is 12.3. The van der Waals surface area contributed by atoms with Gasteiger partial charge < -0.3 is 16.0 Å². The molecule has 1 unspecified atom stereocenters. The predicted molar refractivity (Wildman–Crippen MR) is 83.6 cm³/mol. The van der Waals surface area contributed by atoms with Crippen molar-refractivity contribution in [3.8, 4) is 0 Å². The van der Waals surface area contributed by atoms with E-state index in [1.165, 1.54) is 25.8 Å². The molecule has 0 aliphatic carbocycles. The fourth-order valence-corrected chi connectivity index (χ4v) is 2.93. The lowest BCUT2D eigenvalue weighted by atomic mass is 10.1. The van der Waals surface area contributed by atoms with Gasteiger partial charge in [-0.15, -0.1) is 0 Å². The molecule has 1 aliphatic heterocycles. The lowest BCUT2D eigenvalue weighted by molar-refractivity contribution is -0.116. The van der Waals surface area contributed by atoms with Gasteiger partial charge >= 0.3 is 0 Å². The van der Waals surface area contributed by atoms with E-state index >= 15 is 0 Å². The molecular formula is C16H25N3O. The van der Waals surface area contributed by atoms with Gasteiger partial charge in [-0.05, 0) is 57.0 Å². The maximum atomic E-state index is 11.9. The quantitative estimate of drug-likeness (QED) is 0.785. The van der Waals surface area contributed by atoms with Crippen molar-refractivity contribution in [1.82, 2.24) is 4.90 Å².